The van der Waals surface area contributed by atoms with Gasteiger partial charge in [0.2, 0.25) is 5.91 Å². The molecule has 1 amide bonds. The Morgan fingerprint density at radius 3 is 2.68 bits per heavy atom. The van der Waals surface area contributed by atoms with Crippen molar-refractivity contribution in [2.24, 2.45) is 0 Å². The van der Waals surface area contributed by atoms with Gasteiger partial charge in [0.05, 0.1) is 5.56 Å². The van der Waals surface area contributed by atoms with Crippen molar-refractivity contribution < 1.29 is 19.1 Å². The number of anilines is 1. The van der Waals surface area contributed by atoms with Crippen molar-refractivity contribution in [1.29, 1.82) is 0 Å². The van der Waals surface area contributed by atoms with E-state index in [0.29, 0.717) is 29.8 Å². The first-order chi connectivity index (χ1) is 12.0. The van der Waals surface area contributed by atoms with E-state index >= 15 is 0 Å². The predicted molar refractivity (Wildman–Crippen MR) is 96.4 cm³/mol. The van der Waals surface area contributed by atoms with Crippen molar-refractivity contribution in [3.8, 4) is 0 Å². The Kier molecular flexibility index (Phi) is 4.99. The standard InChI is InChI=1S/C19H19NO4S/c1-12-9-16(13(2)25-12)19(23)24-11-17(21)14-5-3-6-15(10-14)20-8-4-7-18(20)22/h3,5-6,9-10H,4,7-8,11H2,1-2H3. The maximum Gasteiger partial charge on any atom is 0.339 e. The summed E-state index contributed by atoms with van der Waals surface area (Å²) in [7, 11) is 0. The van der Waals surface area contributed by atoms with Gasteiger partial charge in [0, 0.05) is 34.0 Å². The van der Waals surface area contributed by atoms with E-state index in [1.807, 2.05) is 19.9 Å². The van der Waals surface area contributed by atoms with Crippen molar-refractivity contribution in [2.45, 2.75) is 26.7 Å². The molecule has 1 aliphatic rings. The third kappa shape index (κ3) is 3.79. The molecule has 25 heavy (non-hydrogen) atoms. The molecule has 130 valence electrons. The molecular formula is C19H19NO4S. The number of carbonyl (C=O) groups excluding carboxylic acids is 3. The number of hydrogen-bond acceptors (Lipinski definition) is 5. The molecule has 0 radical (unpaired) electrons. The average molecular weight is 357 g/mol. The van der Waals surface area contributed by atoms with Gasteiger partial charge < -0.3 is 9.64 Å². The summed E-state index contributed by atoms with van der Waals surface area (Å²) in [5.41, 5.74) is 1.65. The second-order valence-electron chi connectivity index (χ2n) is 6.03. The van der Waals surface area contributed by atoms with Crippen LogP contribution < -0.4 is 4.90 Å². The van der Waals surface area contributed by atoms with Crippen LogP contribution >= 0.6 is 11.3 Å². The Morgan fingerprint density at radius 2 is 2.04 bits per heavy atom. The lowest BCUT2D eigenvalue weighted by Gasteiger charge is -2.16. The van der Waals surface area contributed by atoms with Crippen LogP contribution in [0.5, 0.6) is 0 Å². The monoisotopic (exact) mass is 357 g/mol. The van der Waals surface area contributed by atoms with Crippen LogP contribution in [-0.2, 0) is 9.53 Å². The number of aryl methyl sites for hydroxylation is 2. The van der Waals surface area contributed by atoms with E-state index in [1.165, 1.54) is 11.3 Å². The first-order valence-corrected chi connectivity index (χ1v) is 8.95. The minimum Gasteiger partial charge on any atom is -0.454 e. The van der Waals surface area contributed by atoms with Gasteiger partial charge in [-0.15, -0.1) is 11.3 Å². The lowest BCUT2D eigenvalue weighted by Crippen LogP contribution is -2.24. The summed E-state index contributed by atoms with van der Waals surface area (Å²) in [6.45, 7) is 4.13. The van der Waals surface area contributed by atoms with E-state index < -0.39 is 5.97 Å². The van der Waals surface area contributed by atoms with Crippen molar-refractivity contribution in [3.05, 3.63) is 51.2 Å². The molecular weight excluding hydrogens is 338 g/mol. The zero-order chi connectivity index (χ0) is 18.0. The number of ketones is 1. The Hall–Kier alpha value is -2.47. The quantitative estimate of drug-likeness (QED) is 0.607. The molecule has 0 aliphatic carbocycles. The summed E-state index contributed by atoms with van der Waals surface area (Å²) in [6.07, 6.45) is 1.36. The topological polar surface area (TPSA) is 63.7 Å². The third-order valence-corrected chi connectivity index (χ3v) is 5.11. The first kappa shape index (κ1) is 17.4. The van der Waals surface area contributed by atoms with E-state index in [0.717, 1.165) is 16.2 Å². The molecule has 1 fully saturated rings. The molecule has 3 rings (SSSR count). The molecule has 0 N–H and O–H groups in total. The number of ether oxygens (including phenoxy) is 1. The van der Waals surface area contributed by atoms with Gasteiger partial charge in [0.1, 0.15) is 0 Å². The molecule has 1 aromatic carbocycles. The van der Waals surface area contributed by atoms with E-state index in [1.54, 1.807) is 29.2 Å². The summed E-state index contributed by atoms with van der Waals surface area (Å²) in [5.74, 6) is -0.702. The molecule has 2 aromatic rings. The fraction of sp³-hybridized carbons (Fsp3) is 0.316. The largest absolute Gasteiger partial charge is 0.454 e. The number of rotatable bonds is 5. The normalized spacial score (nSPS) is 14.0. The lowest BCUT2D eigenvalue weighted by atomic mass is 10.1. The Balaban J connectivity index is 1.66. The molecule has 1 aromatic heterocycles. The second kappa shape index (κ2) is 7.19. The summed E-state index contributed by atoms with van der Waals surface area (Å²) in [6, 6.07) is 8.66. The van der Waals surface area contributed by atoms with Gasteiger partial charge in [-0.05, 0) is 38.5 Å². The van der Waals surface area contributed by atoms with Crippen molar-refractivity contribution in [2.75, 3.05) is 18.1 Å². The Morgan fingerprint density at radius 1 is 1.24 bits per heavy atom. The molecule has 1 aliphatic heterocycles. The number of hydrogen-bond donors (Lipinski definition) is 0. The number of amides is 1. The van der Waals surface area contributed by atoms with Crippen LogP contribution in [0.4, 0.5) is 5.69 Å². The van der Waals surface area contributed by atoms with Crippen LogP contribution in [0.15, 0.2) is 30.3 Å². The number of Topliss-reactive ketones (excluding diaryl/α,β-unsaturated/α-hetero) is 1. The highest BCUT2D eigenvalue weighted by Crippen LogP contribution is 2.23. The smallest absolute Gasteiger partial charge is 0.339 e. The van der Waals surface area contributed by atoms with Crippen molar-refractivity contribution in [3.63, 3.8) is 0 Å². The minimum atomic E-state index is -0.485. The maximum atomic E-state index is 12.3. The highest BCUT2D eigenvalue weighted by atomic mass is 32.1. The fourth-order valence-electron chi connectivity index (χ4n) is 2.89. The van der Waals surface area contributed by atoms with Crippen molar-refractivity contribution in [1.82, 2.24) is 0 Å². The lowest BCUT2D eigenvalue weighted by molar-refractivity contribution is -0.117. The number of benzene rings is 1. The summed E-state index contributed by atoms with van der Waals surface area (Å²) in [4.78, 5) is 39.9. The second-order valence-corrected chi connectivity index (χ2v) is 7.49. The molecule has 6 heteroatoms. The Labute approximate surface area is 150 Å². The SMILES string of the molecule is Cc1cc(C(=O)OCC(=O)c2cccc(N3CCCC3=O)c2)c(C)s1. The molecule has 0 saturated carbocycles. The van der Waals surface area contributed by atoms with E-state index in [2.05, 4.69) is 0 Å². The number of carbonyl (C=O) groups is 3. The number of nitrogens with zero attached hydrogens (tertiary/aromatic N) is 1. The van der Waals surface area contributed by atoms with Gasteiger partial charge in [0.15, 0.2) is 12.4 Å². The molecule has 1 saturated heterocycles. The minimum absolute atomic E-state index is 0.0688. The summed E-state index contributed by atoms with van der Waals surface area (Å²) >= 11 is 1.52. The van der Waals surface area contributed by atoms with Gasteiger partial charge in [-0.1, -0.05) is 12.1 Å². The zero-order valence-electron chi connectivity index (χ0n) is 14.2. The van der Waals surface area contributed by atoms with Crippen LogP contribution in [0.2, 0.25) is 0 Å². The Bertz CT molecular complexity index is 840. The predicted octanol–water partition coefficient (Wildman–Crippen LogP) is 3.53. The average Bonchev–Trinajstić information content (AvgIpc) is 3.17. The van der Waals surface area contributed by atoms with Crippen LogP contribution in [0.25, 0.3) is 0 Å². The van der Waals surface area contributed by atoms with Crippen LogP contribution in [-0.4, -0.2) is 30.8 Å². The summed E-state index contributed by atoms with van der Waals surface area (Å²) in [5, 5.41) is 0. The van der Waals surface area contributed by atoms with Crippen molar-refractivity contribution >= 4 is 34.7 Å². The highest BCUT2D eigenvalue weighted by Gasteiger charge is 2.22. The molecule has 0 bridgehead atoms. The van der Waals surface area contributed by atoms with Gasteiger partial charge in [-0.2, -0.15) is 0 Å². The van der Waals surface area contributed by atoms with Gasteiger partial charge >= 0.3 is 5.97 Å². The zero-order valence-corrected chi connectivity index (χ0v) is 15.0. The van der Waals surface area contributed by atoms with E-state index in [4.69, 9.17) is 4.74 Å². The van der Waals surface area contributed by atoms with E-state index in [-0.39, 0.29) is 18.3 Å². The fourth-order valence-corrected chi connectivity index (χ4v) is 3.81. The summed E-state index contributed by atoms with van der Waals surface area (Å²) < 4.78 is 5.16. The molecule has 0 atom stereocenters. The number of esters is 1. The van der Waals surface area contributed by atoms with Gasteiger partial charge in [-0.3, -0.25) is 9.59 Å². The molecule has 2 heterocycles. The number of thiophene rings is 1. The molecule has 5 nitrogen and oxygen atoms in total. The van der Waals surface area contributed by atoms with Gasteiger partial charge in [-0.25, -0.2) is 4.79 Å². The van der Waals surface area contributed by atoms with Gasteiger partial charge in [0.25, 0.3) is 0 Å². The van der Waals surface area contributed by atoms with Crippen LogP contribution in [0.3, 0.4) is 0 Å². The maximum absolute atomic E-state index is 12.3. The third-order valence-electron chi connectivity index (χ3n) is 4.15. The first-order valence-electron chi connectivity index (χ1n) is 8.13. The highest BCUT2D eigenvalue weighted by molar-refractivity contribution is 7.12. The van der Waals surface area contributed by atoms with Crippen LogP contribution in [0.1, 0.15) is 43.3 Å². The molecule has 0 spiro atoms. The molecule has 0 unspecified atom stereocenters. The van der Waals surface area contributed by atoms with E-state index in [9.17, 15) is 14.4 Å². The van der Waals surface area contributed by atoms with Crippen LogP contribution in [0, 0.1) is 13.8 Å².